The molecule has 0 unspecified atom stereocenters. The van der Waals surface area contributed by atoms with Crippen LogP contribution in [0.5, 0.6) is 5.75 Å². The van der Waals surface area contributed by atoms with Gasteiger partial charge in [-0.2, -0.15) is 0 Å². The molecule has 0 saturated carbocycles. The van der Waals surface area contributed by atoms with Crippen LogP contribution < -0.4 is 15.4 Å². The fourth-order valence-electron chi connectivity index (χ4n) is 2.44. The Morgan fingerprint density at radius 3 is 2.50 bits per heavy atom. The Kier molecular flexibility index (Phi) is 7.04. The molecule has 26 heavy (non-hydrogen) atoms. The van der Waals surface area contributed by atoms with Crippen molar-refractivity contribution in [2.24, 2.45) is 0 Å². The lowest BCUT2D eigenvalue weighted by Crippen LogP contribution is -2.14. The van der Waals surface area contributed by atoms with Gasteiger partial charge in [0.15, 0.2) is 0 Å². The number of rotatable bonds is 7. The van der Waals surface area contributed by atoms with Gasteiger partial charge in [0, 0.05) is 29.7 Å². The van der Waals surface area contributed by atoms with Crippen molar-refractivity contribution >= 4 is 34.8 Å². The van der Waals surface area contributed by atoms with E-state index in [-0.39, 0.29) is 11.8 Å². The molecule has 2 rings (SSSR count). The van der Waals surface area contributed by atoms with Crippen molar-refractivity contribution in [2.45, 2.75) is 33.6 Å². The van der Waals surface area contributed by atoms with Gasteiger partial charge in [0.2, 0.25) is 11.8 Å². The molecule has 0 atom stereocenters. The number of carbonyl (C=O) groups excluding carboxylic acids is 2. The van der Waals surface area contributed by atoms with Crippen molar-refractivity contribution in [2.75, 3.05) is 17.2 Å². The van der Waals surface area contributed by atoms with Gasteiger partial charge in [-0.1, -0.05) is 17.7 Å². The molecule has 0 aliphatic carbocycles. The summed E-state index contributed by atoms with van der Waals surface area (Å²) in [7, 11) is 0. The number of aryl methyl sites for hydroxylation is 2. The van der Waals surface area contributed by atoms with Crippen molar-refractivity contribution in [1.82, 2.24) is 0 Å². The SMILES string of the molecule is CC(=O)Nc1ccc(C)c(NC(=O)CCCOc2ccc(Cl)cc2C)c1. The van der Waals surface area contributed by atoms with Crippen molar-refractivity contribution in [3.63, 3.8) is 0 Å². The topological polar surface area (TPSA) is 67.4 Å². The first kappa shape index (κ1) is 19.8. The van der Waals surface area contributed by atoms with Gasteiger partial charge in [-0.25, -0.2) is 0 Å². The number of carbonyl (C=O) groups is 2. The molecule has 2 amide bonds. The summed E-state index contributed by atoms with van der Waals surface area (Å²) in [5.74, 6) is 0.527. The fourth-order valence-corrected chi connectivity index (χ4v) is 2.67. The molecule has 0 heterocycles. The van der Waals surface area contributed by atoms with Crippen LogP contribution in [0.3, 0.4) is 0 Å². The molecule has 0 aromatic heterocycles. The van der Waals surface area contributed by atoms with Crippen molar-refractivity contribution in [3.05, 3.63) is 52.5 Å². The highest BCUT2D eigenvalue weighted by molar-refractivity contribution is 6.30. The molecule has 0 spiro atoms. The van der Waals surface area contributed by atoms with Crippen LogP contribution in [-0.2, 0) is 9.59 Å². The molecule has 0 bridgehead atoms. The van der Waals surface area contributed by atoms with Gasteiger partial charge in [-0.15, -0.1) is 0 Å². The lowest BCUT2D eigenvalue weighted by molar-refractivity contribution is -0.116. The van der Waals surface area contributed by atoms with Crippen molar-refractivity contribution in [3.8, 4) is 5.75 Å². The summed E-state index contributed by atoms with van der Waals surface area (Å²) in [5, 5.41) is 6.26. The number of nitrogens with one attached hydrogen (secondary N) is 2. The van der Waals surface area contributed by atoms with E-state index in [4.69, 9.17) is 16.3 Å². The summed E-state index contributed by atoms with van der Waals surface area (Å²) in [6.45, 7) is 5.72. The normalized spacial score (nSPS) is 10.3. The van der Waals surface area contributed by atoms with Gasteiger partial charge in [-0.05, 0) is 61.7 Å². The van der Waals surface area contributed by atoms with Gasteiger partial charge in [0.05, 0.1) is 6.61 Å². The van der Waals surface area contributed by atoms with E-state index in [0.717, 1.165) is 16.9 Å². The van der Waals surface area contributed by atoms with E-state index in [1.807, 2.05) is 32.0 Å². The third-order valence-corrected chi connectivity index (χ3v) is 4.01. The Bertz CT molecular complexity index is 806. The summed E-state index contributed by atoms with van der Waals surface area (Å²) < 4.78 is 5.69. The van der Waals surface area contributed by atoms with Gasteiger partial charge in [0.25, 0.3) is 0 Å². The average Bonchev–Trinajstić information content (AvgIpc) is 2.56. The van der Waals surface area contributed by atoms with E-state index in [2.05, 4.69) is 10.6 Å². The van der Waals surface area contributed by atoms with Crippen LogP contribution in [0.25, 0.3) is 0 Å². The molecule has 0 aliphatic heterocycles. The zero-order valence-corrected chi connectivity index (χ0v) is 15.9. The second-order valence-corrected chi connectivity index (χ2v) is 6.56. The molecule has 0 radical (unpaired) electrons. The van der Waals surface area contributed by atoms with Crippen LogP contribution in [0.2, 0.25) is 5.02 Å². The van der Waals surface area contributed by atoms with Crippen LogP contribution in [-0.4, -0.2) is 18.4 Å². The Labute approximate surface area is 158 Å². The molecule has 6 heteroatoms. The molecule has 2 N–H and O–H groups in total. The lowest BCUT2D eigenvalue weighted by Gasteiger charge is -2.12. The van der Waals surface area contributed by atoms with E-state index in [0.29, 0.717) is 35.8 Å². The number of anilines is 2. The standard InChI is InChI=1S/C20H23ClN2O3/c1-13-6-8-17(22-15(3)24)12-18(13)23-20(25)5-4-10-26-19-9-7-16(21)11-14(19)2/h6-9,11-12H,4-5,10H2,1-3H3,(H,22,24)(H,23,25). The van der Waals surface area contributed by atoms with Crippen LogP contribution in [0.15, 0.2) is 36.4 Å². The summed E-state index contributed by atoms with van der Waals surface area (Å²) >= 11 is 5.92. The summed E-state index contributed by atoms with van der Waals surface area (Å²) in [6, 6.07) is 10.9. The molecule has 2 aromatic rings. The van der Waals surface area contributed by atoms with E-state index in [1.54, 1.807) is 18.2 Å². The maximum Gasteiger partial charge on any atom is 0.224 e. The first-order chi connectivity index (χ1) is 12.3. The largest absolute Gasteiger partial charge is 0.493 e. The molecular weight excluding hydrogens is 352 g/mol. The summed E-state index contributed by atoms with van der Waals surface area (Å²) in [6.07, 6.45) is 0.939. The Morgan fingerprint density at radius 1 is 1.04 bits per heavy atom. The van der Waals surface area contributed by atoms with Gasteiger partial charge >= 0.3 is 0 Å². The Morgan fingerprint density at radius 2 is 1.81 bits per heavy atom. The molecule has 5 nitrogen and oxygen atoms in total. The Hall–Kier alpha value is -2.53. The molecule has 0 aliphatic rings. The monoisotopic (exact) mass is 374 g/mol. The zero-order valence-electron chi connectivity index (χ0n) is 15.2. The van der Waals surface area contributed by atoms with Crippen LogP contribution in [0, 0.1) is 13.8 Å². The quantitative estimate of drug-likeness (QED) is 0.689. The first-order valence-electron chi connectivity index (χ1n) is 8.42. The number of hydrogen-bond acceptors (Lipinski definition) is 3. The molecule has 0 saturated heterocycles. The second kappa shape index (κ2) is 9.25. The van der Waals surface area contributed by atoms with Gasteiger partial charge in [-0.3, -0.25) is 9.59 Å². The van der Waals surface area contributed by atoms with E-state index < -0.39 is 0 Å². The third-order valence-electron chi connectivity index (χ3n) is 3.77. The third kappa shape index (κ3) is 6.08. The minimum atomic E-state index is -0.152. The highest BCUT2D eigenvalue weighted by Crippen LogP contribution is 2.22. The van der Waals surface area contributed by atoms with Crippen LogP contribution in [0.1, 0.15) is 30.9 Å². The first-order valence-corrected chi connectivity index (χ1v) is 8.80. The molecular formula is C20H23ClN2O3. The van der Waals surface area contributed by atoms with Crippen molar-refractivity contribution < 1.29 is 14.3 Å². The lowest BCUT2D eigenvalue weighted by atomic mass is 10.1. The molecule has 138 valence electrons. The van der Waals surface area contributed by atoms with Crippen molar-refractivity contribution in [1.29, 1.82) is 0 Å². The second-order valence-electron chi connectivity index (χ2n) is 6.12. The fraction of sp³-hybridized carbons (Fsp3) is 0.300. The summed E-state index contributed by atoms with van der Waals surface area (Å²) in [5.41, 5.74) is 3.24. The van der Waals surface area contributed by atoms with E-state index in [9.17, 15) is 9.59 Å². The average molecular weight is 375 g/mol. The van der Waals surface area contributed by atoms with Crippen LogP contribution >= 0.6 is 11.6 Å². The predicted molar refractivity (Wildman–Crippen MR) is 105 cm³/mol. The van der Waals surface area contributed by atoms with Crippen LogP contribution in [0.4, 0.5) is 11.4 Å². The number of benzene rings is 2. The molecule has 2 aromatic carbocycles. The maximum absolute atomic E-state index is 12.1. The zero-order chi connectivity index (χ0) is 19.1. The van der Waals surface area contributed by atoms with Gasteiger partial charge < -0.3 is 15.4 Å². The van der Waals surface area contributed by atoms with Gasteiger partial charge in [0.1, 0.15) is 5.75 Å². The predicted octanol–water partition coefficient (Wildman–Crippen LogP) is 4.71. The number of ether oxygens (including phenoxy) is 1. The minimum absolute atomic E-state index is 0.0931. The highest BCUT2D eigenvalue weighted by Gasteiger charge is 2.07. The highest BCUT2D eigenvalue weighted by atomic mass is 35.5. The van der Waals surface area contributed by atoms with E-state index >= 15 is 0 Å². The number of halogens is 1. The van der Waals surface area contributed by atoms with E-state index in [1.165, 1.54) is 6.92 Å². The summed E-state index contributed by atoms with van der Waals surface area (Å²) in [4.78, 5) is 23.3. The number of hydrogen-bond donors (Lipinski definition) is 2. The minimum Gasteiger partial charge on any atom is -0.493 e. The smallest absolute Gasteiger partial charge is 0.224 e. The Balaban J connectivity index is 1.82. The maximum atomic E-state index is 12.1. The number of amides is 2. The molecule has 0 fully saturated rings.